The molecule has 2 aromatic rings. The van der Waals surface area contributed by atoms with Gasteiger partial charge < -0.3 is 14.4 Å². The van der Waals surface area contributed by atoms with Crippen LogP contribution in [-0.2, 0) is 12.0 Å². The van der Waals surface area contributed by atoms with E-state index in [4.69, 9.17) is 9.52 Å². The molecule has 0 radical (unpaired) electrons. The Kier molecular flexibility index (Phi) is 4.61. The molecular formula is C16H20N2O4S. The van der Waals surface area contributed by atoms with Crippen LogP contribution in [0.3, 0.4) is 0 Å². The molecule has 0 aromatic carbocycles. The molecule has 23 heavy (non-hydrogen) atoms. The van der Waals surface area contributed by atoms with Crippen LogP contribution in [-0.4, -0.2) is 33.9 Å². The van der Waals surface area contributed by atoms with Crippen molar-refractivity contribution in [2.45, 2.75) is 39.7 Å². The van der Waals surface area contributed by atoms with Gasteiger partial charge in [-0.3, -0.25) is 4.79 Å². The highest BCUT2D eigenvalue weighted by molar-refractivity contribution is 7.11. The van der Waals surface area contributed by atoms with Crippen molar-refractivity contribution in [3.63, 3.8) is 0 Å². The van der Waals surface area contributed by atoms with Gasteiger partial charge in [-0.2, -0.15) is 0 Å². The number of carboxylic acids is 1. The third-order valence-corrected chi connectivity index (χ3v) is 4.23. The van der Waals surface area contributed by atoms with E-state index in [-0.39, 0.29) is 23.4 Å². The number of aromatic carboxylic acids is 1. The van der Waals surface area contributed by atoms with Gasteiger partial charge in [0.1, 0.15) is 22.0 Å². The highest BCUT2D eigenvalue weighted by Gasteiger charge is 2.27. The van der Waals surface area contributed by atoms with Crippen LogP contribution in [0.1, 0.15) is 58.0 Å². The molecule has 0 aliphatic carbocycles. The Morgan fingerprint density at radius 2 is 2.04 bits per heavy atom. The summed E-state index contributed by atoms with van der Waals surface area (Å²) in [6.07, 6.45) is 0. The highest BCUT2D eigenvalue weighted by atomic mass is 32.1. The van der Waals surface area contributed by atoms with Gasteiger partial charge in [-0.25, -0.2) is 9.78 Å². The van der Waals surface area contributed by atoms with Crippen molar-refractivity contribution in [2.24, 2.45) is 0 Å². The number of aryl methyl sites for hydroxylation is 1. The summed E-state index contributed by atoms with van der Waals surface area (Å²) in [6, 6.07) is 1.46. The van der Waals surface area contributed by atoms with Crippen molar-refractivity contribution in [2.75, 3.05) is 7.05 Å². The smallest absolute Gasteiger partial charge is 0.339 e. The number of aromatic nitrogens is 1. The van der Waals surface area contributed by atoms with E-state index >= 15 is 0 Å². The minimum absolute atomic E-state index is 0.119. The molecule has 2 aromatic heterocycles. The van der Waals surface area contributed by atoms with Crippen molar-refractivity contribution in [1.82, 2.24) is 9.88 Å². The zero-order valence-electron chi connectivity index (χ0n) is 13.8. The van der Waals surface area contributed by atoms with E-state index in [0.29, 0.717) is 16.4 Å². The fourth-order valence-corrected chi connectivity index (χ4v) is 3.24. The molecule has 2 heterocycles. The van der Waals surface area contributed by atoms with E-state index in [2.05, 4.69) is 4.98 Å². The number of hydrogen-bond donors (Lipinski definition) is 1. The minimum Gasteiger partial charge on any atom is -0.478 e. The largest absolute Gasteiger partial charge is 0.478 e. The molecule has 0 aliphatic heterocycles. The zero-order chi connectivity index (χ0) is 17.4. The van der Waals surface area contributed by atoms with Crippen LogP contribution in [0.15, 0.2) is 16.0 Å². The second-order valence-electron chi connectivity index (χ2n) is 6.43. The van der Waals surface area contributed by atoms with E-state index in [0.717, 1.165) is 5.69 Å². The average Bonchev–Trinajstić information content (AvgIpc) is 3.03. The fourth-order valence-electron chi connectivity index (χ4n) is 2.24. The summed E-state index contributed by atoms with van der Waals surface area (Å²) in [4.78, 5) is 30.1. The van der Waals surface area contributed by atoms with Gasteiger partial charge in [0, 0.05) is 12.5 Å². The summed E-state index contributed by atoms with van der Waals surface area (Å²) in [6.45, 7) is 7.82. The lowest BCUT2D eigenvalue weighted by Crippen LogP contribution is -2.28. The van der Waals surface area contributed by atoms with Crippen LogP contribution in [0.5, 0.6) is 0 Å². The van der Waals surface area contributed by atoms with E-state index in [1.807, 2.05) is 20.8 Å². The highest BCUT2D eigenvalue weighted by Crippen LogP contribution is 2.28. The third kappa shape index (κ3) is 3.61. The number of rotatable bonds is 4. The monoisotopic (exact) mass is 336 g/mol. The number of furan rings is 1. The van der Waals surface area contributed by atoms with Crippen molar-refractivity contribution in [3.05, 3.63) is 39.2 Å². The van der Waals surface area contributed by atoms with Gasteiger partial charge in [0.05, 0.1) is 17.7 Å². The molecule has 6 nitrogen and oxygen atoms in total. The van der Waals surface area contributed by atoms with Crippen LogP contribution in [0.4, 0.5) is 0 Å². The Morgan fingerprint density at radius 1 is 1.39 bits per heavy atom. The summed E-state index contributed by atoms with van der Waals surface area (Å²) in [5, 5.41) is 9.05. The summed E-state index contributed by atoms with van der Waals surface area (Å²) >= 11 is 1.31. The number of hydrogen-bond acceptors (Lipinski definition) is 5. The van der Waals surface area contributed by atoms with E-state index in [1.54, 1.807) is 19.5 Å². The maximum atomic E-state index is 12.6. The molecule has 7 heteroatoms. The van der Waals surface area contributed by atoms with Crippen LogP contribution >= 0.6 is 11.3 Å². The Morgan fingerprint density at radius 3 is 2.57 bits per heavy atom. The van der Waals surface area contributed by atoms with Gasteiger partial charge >= 0.3 is 5.97 Å². The number of carboxylic acid groups (broad SMARTS) is 1. The summed E-state index contributed by atoms with van der Waals surface area (Å²) in [5.41, 5.74) is 2.33. The number of amides is 1. The maximum absolute atomic E-state index is 12.6. The zero-order valence-corrected chi connectivity index (χ0v) is 14.7. The minimum atomic E-state index is -1.04. The maximum Gasteiger partial charge on any atom is 0.339 e. The second-order valence-corrected chi connectivity index (χ2v) is 7.28. The van der Waals surface area contributed by atoms with Crippen molar-refractivity contribution in [1.29, 1.82) is 0 Å². The lowest BCUT2D eigenvalue weighted by atomic mass is 9.91. The number of carbonyl (C=O) groups is 2. The van der Waals surface area contributed by atoms with Crippen molar-refractivity contribution in [3.8, 4) is 0 Å². The van der Waals surface area contributed by atoms with Crippen LogP contribution in [0.25, 0.3) is 0 Å². The number of nitrogens with zero attached hydrogens (tertiary/aromatic N) is 2. The molecule has 124 valence electrons. The van der Waals surface area contributed by atoms with Crippen molar-refractivity contribution >= 4 is 23.2 Å². The van der Waals surface area contributed by atoms with Gasteiger partial charge in [-0.15, -0.1) is 11.3 Å². The number of carbonyl (C=O) groups excluding carboxylic acids is 1. The first-order valence-corrected chi connectivity index (χ1v) is 8.01. The molecule has 0 atom stereocenters. The van der Waals surface area contributed by atoms with Gasteiger partial charge in [-0.05, 0) is 13.0 Å². The molecule has 0 unspecified atom stereocenters. The molecule has 1 N–H and O–H groups in total. The summed E-state index contributed by atoms with van der Waals surface area (Å²) < 4.78 is 5.42. The van der Waals surface area contributed by atoms with Gasteiger partial charge in [0.2, 0.25) is 0 Å². The topological polar surface area (TPSA) is 83.6 Å². The number of thiazole rings is 1. The Balaban J connectivity index is 2.20. The summed E-state index contributed by atoms with van der Waals surface area (Å²) in [7, 11) is 1.66. The SMILES string of the molecule is Cc1oc(CN(C)C(=O)c2scnc2C(C)(C)C)cc1C(=O)O. The van der Waals surface area contributed by atoms with Crippen molar-refractivity contribution < 1.29 is 19.1 Å². The first-order chi connectivity index (χ1) is 10.6. The van der Waals surface area contributed by atoms with Gasteiger partial charge in [0.15, 0.2) is 0 Å². The summed E-state index contributed by atoms with van der Waals surface area (Å²) in [5.74, 6) is -0.411. The van der Waals surface area contributed by atoms with Gasteiger partial charge in [0.25, 0.3) is 5.91 Å². The van der Waals surface area contributed by atoms with Crippen LogP contribution < -0.4 is 0 Å². The van der Waals surface area contributed by atoms with Gasteiger partial charge in [-0.1, -0.05) is 20.8 Å². The molecule has 0 aliphatic rings. The predicted octanol–water partition coefficient (Wildman–Crippen LogP) is 3.31. The van der Waals surface area contributed by atoms with E-state index < -0.39 is 5.97 Å². The quantitative estimate of drug-likeness (QED) is 0.926. The van der Waals surface area contributed by atoms with E-state index in [1.165, 1.54) is 22.3 Å². The Hall–Kier alpha value is -2.15. The molecule has 0 spiro atoms. The molecule has 1 amide bonds. The van der Waals surface area contributed by atoms with E-state index in [9.17, 15) is 9.59 Å². The van der Waals surface area contributed by atoms with Crippen LogP contribution in [0.2, 0.25) is 0 Å². The molecule has 2 rings (SSSR count). The molecular weight excluding hydrogens is 316 g/mol. The second kappa shape index (κ2) is 6.16. The Bertz CT molecular complexity index is 740. The first kappa shape index (κ1) is 17.2. The normalized spacial score (nSPS) is 11.5. The predicted molar refractivity (Wildman–Crippen MR) is 87.0 cm³/mol. The standard InChI is InChI=1S/C16H20N2O4S/c1-9-11(15(20)21)6-10(22-9)7-18(5)14(19)12-13(16(2,3)4)17-8-23-12/h6,8H,7H2,1-5H3,(H,20,21). The molecule has 0 bridgehead atoms. The Labute approximate surface area is 138 Å². The van der Waals surface area contributed by atoms with Crippen LogP contribution in [0, 0.1) is 6.92 Å². The lowest BCUT2D eigenvalue weighted by molar-refractivity contribution is 0.0694. The average molecular weight is 336 g/mol. The molecule has 0 fully saturated rings. The lowest BCUT2D eigenvalue weighted by Gasteiger charge is -2.20. The molecule has 0 saturated carbocycles. The first-order valence-electron chi connectivity index (χ1n) is 7.13. The third-order valence-electron chi connectivity index (χ3n) is 3.41. The fraction of sp³-hybridized carbons (Fsp3) is 0.438. The molecule has 0 saturated heterocycles.